The molecule has 0 aromatic heterocycles. The fraction of sp³-hybridized carbons (Fsp3) is 0.385. The highest BCUT2D eigenvalue weighted by Gasteiger charge is 2.15. The van der Waals surface area contributed by atoms with E-state index in [0.29, 0.717) is 17.8 Å². The molecule has 1 rings (SSSR count). The second kappa shape index (κ2) is 7.76. The smallest absolute Gasteiger partial charge is 0.253 e. The van der Waals surface area contributed by atoms with Crippen molar-refractivity contribution in [3.63, 3.8) is 0 Å². The average molecular weight is 286 g/mol. The lowest BCUT2D eigenvalue weighted by molar-refractivity contribution is -0.114. The van der Waals surface area contributed by atoms with Crippen LogP contribution in [0.4, 0.5) is 5.69 Å². The minimum Gasteiger partial charge on any atom is -0.338 e. The Morgan fingerprint density at radius 3 is 2.26 bits per heavy atom. The summed E-state index contributed by atoms with van der Waals surface area (Å²) in [6.07, 6.45) is 0. The monoisotopic (exact) mass is 285 g/mol. The third-order valence-electron chi connectivity index (χ3n) is 2.77. The van der Waals surface area contributed by atoms with Gasteiger partial charge in [0.05, 0.1) is 0 Å². The number of anilines is 1. The van der Waals surface area contributed by atoms with Gasteiger partial charge in [0, 0.05) is 37.8 Å². The Morgan fingerprint density at radius 1 is 1.32 bits per heavy atom. The molecule has 0 aliphatic rings. The first-order chi connectivity index (χ1) is 8.45. The third kappa shape index (κ3) is 4.89. The summed E-state index contributed by atoms with van der Waals surface area (Å²) in [6, 6.07) is 6.78. The van der Waals surface area contributed by atoms with Gasteiger partial charge >= 0.3 is 0 Å². The first-order valence-electron chi connectivity index (χ1n) is 5.80. The third-order valence-corrected chi connectivity index (χ3v) is 2.77. The van der Waals surface area contributed by atoms with E-state index in [2.05, 4.69) is 5.32 Å². The Balaban J connectivity index is 0.00000324. The molecule has 0 radical (unpaired) electrons. The van der Waals surface area contributed by atoms with Crippen LogP contribution >= 0.6 is 12.4 Å². The summed E-state index contributed by atoms with van der Waals surface area (Å²) in [5.41, 5.74) is 6.78. The Labute approximate surface area is 119 Å². The maximum atomic E-state index is 12.1. The molecule has 0 heterocycles. The molecule has 1 atom stereocenters. The second-order valence-electron chi connectivity index (χ2n) is 4.26. The first-order valence-corrected chi connectivity index (χ1v) is 5.80. The number of hydrogen-bond donors (Lipinski definition) is 2. The molecule has 0 spiro atoms. The summed E-state index contributed by atoms with van der Waals surface area (Å²) in [5.74, 6) is -0.217. The van der Waals surface area contributed by atoms with Gasteiger partial charge in [-0.15, -0.1) is 12.4 Å². The number of rotatable bonds is 4. The number of halogens is 1. The van der Waals surface area contributed by atoms with E-state index in [1.54, 1.807) is 36.2 Å². The zero-order chi connectivity index (χ0) is 13.7. The number of carbonyl (C=O) groups excluding carboxylic acids is 2. The van der Waals surface area contributed by atoms with Crippen LogP contribution in [-0.2, 0) is 4.79 Å². The van der Waals surface area contributed by atoms with Gasteiger partial charge in [-0.05, 0) is 31.2 Å². The summed E-state index contributed by atoms with van der Waals surface area (Å²) in [5, 5.41) is 2.65. The Kier molecular flexibility index (Phi) is 7.11. The number of benzene rings is 1. The molecule has 1 unspecified atom stereocenters. The van der Waals surface area contributed by atoms with Crippen LogP contribution in [0.1, 0.15) is 24.2 Å². The SMILES string of the molecule is CC(=O)Nc1ccc(C(=O)N(C)C(C)CN)cc1.Cl. The number of carbonyl (C=O) groups is 2. The highest BCUT2D eigenvalue weighted by atomic mass is 35.5. The van der Waals surface area contributed by atoms with Crippen molar-refractivity contribution in [2.75, 3.05) is 18.9 Å². The fourth-order valence-electron chi connectivity index (χ4n) is 1.46. The van der Waals surface area contributed by atoms with E-state index in [9.17, 15) is 9.59 Å². The van der Waals surface area contributed by atoms with E-state index in [4.69, 9.17) is 5.73 Å². The van der Waals surface area contributed by atoms with E-state index in [-0.39, 0.29) is 30.3 Å². The number of hydrogen-bond acceptors (Lipinski definition) is 3. The highest BCUT2D eigenvalue weighted by molar-refractivity contribution is 5.95. The van der Waals surface area contributed by atoms with Gasteiger partial charge < -0.3 is 16.0 Å². The Morgan fingerprint density at radius 2 is 1.84 bits per heavy atom. The van der Waals surface area contributed by atoms with Crippen molar-refractivity contribution in [1.82, 2.24) is 4.90 Å². The van der Waals surface area contributed by atoms with Gasteiger partial charge in [0.2, 0.25) is 5.91 Å². The van der Waals surface area contributed by atoms with E-state index in [1.165, 1.54) is 6.92 Å². The Bertz CT molecular complexity index is 434. The van der Waals surface area contributed by atoms with E-state index < -0.39 is 0 Å². The summed E-state index contributed by atoms with van der Waals surface area (Å²) in [6.45, 7) is 3.76. The van der Waals surface area contributed by atoms with Crippen molar-refractivity contribution >= 4 is 29.9 Å². The van der Waals surface area contributed by atoms with Crippen LogP contribution in [0.15, 0.2) is 24.3 Å². The maximum absolute atomic E-state index is 12.1. The molecule has 0 bridgehead atoms. The van der Waals surface area contributed by atoms with Crippen molar-refractivity contribution in [1.29, 1.82) is 0 Å². The van der Waals surface area contributed by atoms with Crippen molar-refractivity contribution in [3.8, 4) is 0 Å². The molecule has 19 heavy (non-hydrogen) atoms. The van der Waals surface area contributed by atoms with Crippen LogP contribution in [0, 0.1) is 0 Å². The number of nitrogens with two attached hydrogens (primary N) is 1. The van der Waals surface area contributed by atoms with Gasteiger partial charge in [-0.25, -0.2) is 0 Å². The van der Waals surface area contributed by atoms with Crippen molar-refractivity contribution in [3.05, 3.63) is 29.8 Å². The molecule has 1 aromatic rings. The van der Waals surface area contributed by atoms with Crippen LogP contribution in [0.5, 0.6) is 0 Å². The zero-order valence-corrected chi connectivity index (χ0v) is 12.2. The van der Waals surface area contributed by atoms with Gasteiger partial charge in [-0.2, -0.15) is 0 Å². The molecular formula is C13H20ClN3O2. The van der Waals surface area contributed by atoms with Gasteiger partial charge in [0.1, 0.15) is 0 Å². The Hall–Kier alpha value is -1.59. The van der Waals surface area contributed by atoms with Gasteiger partial charge in [-0.3, -0.25) is 9.59 Å². The van der Waals surface area contributed by atoms with E-state index in [1.807, 2.05) is 6.92 Å². The number of likely N-dealkylation sites (N-methyl/N-ethyl adjacent to an activating group) is 1. The summed E-state index contributed by atoms with van der Waals surface area (Å²) >= 11 is 0. The molecule has 0 aliphatic heterocycles. The maximum Gasteiger partial charge on any atom is 0.253 e. The fourth-order valence-corrected chi connectivity index (χ4v) is 1.46. The van der Waals surface area contributed by atoms with Crippen molar-refractivity contribution in [2.24, 2.45) is 5.73 Å². The van der Waals surface area contributed by atoms with Crippen LogP contribution in [0.2, 0.25) is 0 Å². The molecule has 106 valence electrons. The first kappa shape index (κ1) is 17.4. The molecule has 0 fully saturated rings. The summed E-state index contributed by atoms with van der Waals surface area (Å²) < 4.78 is 0. The van der Waals surface area contributed by atoms with Crippen LogP contribution < -0.4 is 11.1 Å². The number of nitrogens with one attached hydrogen (secondary N) is 1. The number of amides is 2. The van der Waals surface area contributed by atoms with E-state index in [0.717, 1.165) is 0 Å². The average Bonchev–Trinajstić information content (AvgIpc) is 2.36. The highest BCUT2D eigenvalue weighted by Crippen LogP contribution is 2.12. The number of nitrogens with zero attached hydrogens (tertiary/aromatic N) is 1. The van der Waals surface area contributed by atoms with Crippen molar-refractivity contribution < 1.29 is 9.59 Å². The zero-order valence-electron chi connectivity index (χ0n) is 11.3. The molecule has 5 nitrogen and oxygen atoms in total. The van der Waals surface area contributed by atoms with Crippen LogP contribution in [0.3, 0.4) is 0 Å². The largest absolute Gasteiger partial charge is 0.338 e. The molecule has 6 heteroatoms. The van der Waals surface area contributed by atoms with Crippen LogP contribution in [0.25, 0.3) is 0 Å². The lowest BCUT2D eigenvalue weighted by Gasteiger charge is -2.23. The quantitative estimate of drug-likeness (QED) is 0.880. The lowest BCUT2D eigenvalue weighted by atomic mass is 10.1. The molecule has 1 aromatic carbocycles. The molecule has 0 saturated carbocycles. The lowest BCUT2D eigenvalue weighted by Crippen LogP contribution is -2.39. The minimum atomic E-state index is -0.136. The molecule has 0 aliphatic carbocycles. The standard InChI is InChI=1S/C13H19N3O2.ClH/c1-9(8-14)16(3)13(18)11-4-6-12(7-5-11)15-10(2)17;/h4-7,9H,8,14H2,1-3H3,(H,15,17);1H. The topological polar surface area (TPSA) is 75.4 Å². The predicted molar refractivity (Wildman–Crippen MR) is 78.6 cm³/mol. The van der Waals surface area contributed by atoms with Gasteiger partial charge in [0.15, 0.2) is 0 Å². The normalized spacial score (nSPS) is 11.2. The summed E-state index contributed by atoms with van der Waals surface area (Å²) in [7, 11) is 1.72. The second-order valence-corrected chi connectivity index (χ2v) is 4.26. The minimum absolute atomic E-state index is 0. The molecular weight excluding hydrogens is 266 g/mol. The molecule has 0 saturated heterocycles. The summed E-state index contributed by atoms with van der Waals surface area (Å²) in [4.78, 5) is 24.5. The van der Waals surface area contributed by atoms with Crippen molar-refractivity contribution in [2.45, 2.75) is 19.9 Å². The molecule has 2 amide bonds. The van der Waals surface area contributed by atoms with E-state index >= 15 is 0 Å². The van der Waals surface area contributed by atoms with Gasteiger partial charge in [-0.1, -0.05) is 0 Å². The van der Waals surface area contributed by atoms with Crippen LogP contribution in [-0.4, -0.2) is 36.3 Å². The predicted octanol–water partition coefficient (Wildman–Crippen LogP) is 1.49. The molecule has 3 N–H and O–H groups in total. The van der Waals surface area contributed by atoms with Gasteiger partial charge in [0.25, 0.3) is 5.91 Å².